The van der Waals surface area contributed by atoms with Crippen LogP contribution in [0.5, 0.6) is 0 Å². The smallest absolute Gasteiger partial charge is 0.251 e. The second-order valence-corrected chi connectivity index (χ2v) is 5.63. The largest absolute Gasteiger partial charge is 0.350 e. The highest BCUT2D eigenvalue weighted by Gasteiger charge is 2.08. The maximum absolute atomic E-state index is 11.8. The Morgan fingerprint density at radius 3 is 2.29 bits per heavy atom. The zero-order chi connectivity index (χ0) is 15.8. The molecule has 1 atom stereocenters. The summed E-state index contributed by atoms with van der Waals surface area (Å²) in [5, 5.41) is 5.64. The highest BCUT2D eigenvalue weighted by molar-refractivity contribution is 5.95. The molecule has 1 aromatic carbocycles. The van der Waals surface area contributed by atoms with Crippen molar-refractivity contribution >= 4 is 17.5 Å². The summed E-state index contributed by atoms with van der Waals surface area (Å²) in [6.07, 6.45) is 1.23. The second-order valence-electron chi connectivity index (χ2n) is 5.63. The predicted octanol–water partition coefficient (Wildman–Crippen LogP) is 2.14. The van der Waals surface area contributed by atoms with E-state index in [0.29, 0.717) is 30.1 Å². The fraction of sp³-hybridized carbons (Fsp3) is 0.500. The summed E-state index contributed by atoms with van der Waals surface area (Å²) in [6.45, 7) is 6.44. The summed E-state index contributed by atoms with van der Waals surface area (Å²) in [4.78, 5) is 23.6. The van der Waals surface area contributed by atoms with Crippen LogP contribution in [-0.4, -0.2) is 24.4 Å². The van der Waals surface area contributed by atoms with E-state index in [4.69, 9.17) is 5.73 Å². The van der Waals surface area contributed by atoms with Crippen LogP contribution >= 0.6 is 0 Å². The van der Waals surface area contributed by atoms with E-state index in [1.54, 1.807) is 24.3 Å². The van der Waals surface area contributed by atoms with Gasteiger partial charge in [-0.05, 0) is 57.0 Å². The van der Waals surface area contributed by atoms with E-state index in [-0.39, 0.29) is 17.9 Å². The average Bonchev–Trinajstić information content (AvgIpc) is 2.44. The maximum atomic E-state index is 11.8. The Bertz CT molecular complexity index is 469. The molecule has 5 heteroatoms. The van der Waals surface area contributed by atoms with Gasteiger partial charge in [0.1, 0.15) is 0 Å². The van der Waals surface area contributed by atoms with Crippen molar-refractivity contribution in [2.24, 2.45) is 11.7 Å². The molecule has 5 nitrogen and oxygen atoms in total. The predicted molar refractivity (Wildman–Crippen MR) is 85.1 cm³/mol. The lowest BCUT2D eigenvalue weighted by molar-refractivity contribution is -0.116. The molecule has 0 saturated carbocycles. The summed E-state index contributed by atoms with van der Waals surface area (Å²) in [7, 11) is 0. The minimum Gasteiger partial charge on any atom is -0.350 e. The first-order valence-corrected chi connectivity index (χ1v) is 7.33. The van der Waals surface area contributed by atoms with E-state index < -0.39 is 0 Å². The molecular formula is C16H25N3O2. The molecule has 0 aliphatic heterocycles. The molecule has 0 spiro atoms. The molecule has 1 rings (SSSR count). The third kappa shape index (κ3) is 6.40. The van der Waals surface area contributed by atoms with E-state index in [1.807, 2.05) is 20.8 Å². The third-order valence-corrected chi connectivity index (χ3v) is 3.12. The molecule has 0 radical (unpaired) electrons. The van der Waals surface area contributed by atoms with Crippen molar-refractivity contribution in [2.45, 2.75) is 39.7 Å². The first-order chi connectivity index (χ1) is 9.92. The van der Waals surface area contributed by atoms with Crippen LogP contribution < -0.4 is 16.4 Å². The molecule has 0 saturated heterocycles. The van der Waals surface area contributed by atoms with Crippen LogP contribution in [0.2, 0.25) is 0 Å². The molecule has 21 heavy (non-hydrogen) atoms. The number of carbonyl (C=O) groups is 2. The molecule has 0 heterocycles. The van der Waals surface area contributed by atoms with Crippen molar-refractivity contribution in [1.29, 1.82) is 0 Å². The molecule has 0 aromatic heterocycles. The van der Waals surface area contributed by atoms with Crippen LogP contribution in [0.1, 0.15) is 44.0 Å². The topological polar surface area (TPSA) is 84.2 Å². The zero-order valence-corrected chi connectivity index (χ0v) is 13.0. The summed E-state index contributed by atoms with van der Waals surface area (Å²) >= 11 is 0. The normalized spacial score (nSPS) is 12.0. The van der Waals surface area contributed by atoms with Crippen molar-refractivity contribution in [1.82, 2.24) is 5.32 Å². The number of nitrogens with two attached hydrogens (primary N) is 1. The van der Waals surface area contributed by atoms with Gasteiger partial charge in [0.15, 0.2) is 0 Å². The van der Waals surface area contributed by atoms with Crippen LogP contribution in [0, 0.1) is 5.92 Å². The van der Waals surface area contributed by atoms with E-state index >= 15 is 0 Å². The average molecular weight is 291 g/mol. The van der Waals surface area contributed by atoms with Gasteiger partial charge in [-0.3, -0.25) is 9.59 Å². The monoisotopic (exact) mass is 291 g/mol. The fourth-order valence-electron chi connectivity index (χ4n) is 1.77. The number of benzene rings is 1. The van der Waals surface area contributed by atoms with Gasteiger partial charge in [-0.25, -0.2) is 0 Å². The lowest BCUT2D eigenvalue weighted by atomic mass is 10.1. The summed E-state index contributed by atoms with van der Waals surface area (Å²) < 4.78 is 0. The Kier molecular flexibility index (Phi) is 6.88. The molecule has 1 aromatic rings. The second kappa shape index (κ2) is 8.42. The van der Waals surface area contributed by atoms with Gasteiger partial charge in [0.2, 0.25) is 5.91 Å². The van der Waals surface area contributed by atoms with Gasteiger partial charge in [-0.2, -0.15) is 0 Å². The molecule has 2 amide bonds. The Labute approximate surface area is 126 Å². The lowest BCUT2D eigenvalue weighted by Crippen LogP contribution is -2.30. The van der Waals surface area contributed by atoms with E-state index in [2.05, 4.69) is 10.6 Å². The van der Waals surface area contributed by atoms with Crippen LogP contribution in [0.25, 0.3) is 0 Å². The van der Waals surface area contributed by atoms with Gasteiger partial charge in [-0.15, -0.1) is 0 Å². The Balaban J connectivity index is 2.51. The van der Waals surface area contributed by atoms with Crippen LogP contribution in [0.4, 0.5) is 5.69 Å². The number of anilines is 1. The van der Waals surface area contributed by atoms with Crippen molar-refractivity contribution < 1.29 is 9.59 Å². The number of nitrogens with one attached hydrogen (secondary N) is 2. The number of amides is 2. The summed E-state index contributed by atoms with van der Waals surface area (Å²) in [5.74, 6) is 0.201. The molecule has 0 bridgehead atoms. The maximum Gasteiger partial charge on any atom is 0.251 e. The Morgan fingerprint density at radius 1 is 1.14 bits per heavy atom. The van der Waals surface area contributed by atoms with Crippen molar-refractivity contribution in [3.63, 3.8) is 0 Å². The molecule has 0 fully saturated rings. The molecule has 0 aliphatic carbocycles. The van der Waals surface area contributed by atoms with Crippen molar-refractivity contribution in [3.05, 3.63) is 29.8 Å². The van der Waals surface area contributed by atoms with Gasteiger partial charge in [0, 0.05) is 23.7 Å². The van der Waals surface area contributed by atoms with Gasteiger partial charge in [0.25, 0.3) is 5.91 Å². The van der Waals surface area contributed by atoms with Gasteiger partial charge in [0.05, 0.1) is 0 Å². The minimum absolute atomic E-state index is 0.0327. The minimum atomic E-state index is -0.111. The molecular weight excluding hydrogens is 266 g/mol. The SMILES string of the molecule is CC(CN)CCC(=O)Nc1ccc(C(=O)NC(C)C)cc1. The standard InChI is InChI=1S/C16H25N3O2/c1-11(2)18-16(21)13-5-7-14(8-6-13)19-15(20)9-4-12(3)10-17/h5-8,11-12H,4,9-10,17H2,1-3H3,(H,18,21)(H,19,20). The van der Waals surface area contributed by atoms with E-state index in [0.717, 1.165) is 6.42 Å². The van der Waals surface area contributed by atoms with Gasteiger partial charge in [-0.1, -0.05) is 6.92 Å². The van der Waals surface area contributed by atoms with Crippen LogP contribution in [0.3, 0.4) is 0 Å². The Hall–Kier alpha value is -1.88. The first kappa shape index (κ1) is 17.2. The van der Waals surface area contributed by atoms with Crippen LogP contribution in [-0.2, 0) is 4.79 Å². The van der Waals surface area contributed by atoms with E-state index in [1.165, 1.54) is 0 Å². The number of carbonyl (C=O) groups excluding carboxylic acids is 2. The van der Waals surface area contributed by atoms with Crippen LogP contribution in [0.15, 0.2) is 24.3 Å². The first-order valence-electron chi connectivity index (χ1n) is 7.33. The number of hydrogen-bond acceptors (Lipinski definition) is 3. The summed E-state index contributed by atoms with van der Waals surface area (Å²) in [5.41, 5.74) is 6.80. The lowest BCUT2D eigenvalue weighted by Gasteiger charge is -2.10. The zero-order valence-electron chi connectivity index (χ0n) is 13.0. The van der Waals surface area contributed by atoms with Crippen molar-refractivity contribution in [2.75, 3.05) is 11.9 Å². The molecule has 4 N–H and O–H groups in total. The third-order valence-electron chi connectivity index (χ3n) is 3.12. The van der Waals surface area contributed by atoms with E-state index in [9.17, 15) is 9.59 Å². The highest BCUT2D eigenvalue weighted by atomic mass is 16.2. The quantitative estimate of drug-likeness (QED) is 0.719. The van der Waals surface area contributed by atoms with Gasteiger partial charge >= 0.3 is 0 Å². The highest BCUT2D eigenvalue weighted by Crippen LogP contribution is 2.11. The fourth-order valence-corrected chi connectivity index (χ4v) is 1.77. The number of rotatable bonds is 7. The number of hydrogen-bond donors (Lipinski definition) is 3. The van der Waals surface area contributed by atoms with Crippen molar-refractivity contribution in [3.8, 4) is 0 Å². The summed E-state index contributed by atoms with van der Waals surface area (Å²) in [6, 6.07) is 6.98. The Morgan fingerprint density at radius 2 is 1.76 bits per heavy atom. The molecule has 0 aliphatic rings. The van der Waals surface area contributed by atoms with Gasteiger partial charge < -0.3 is 16.4 Å². The molecule has 116 valence electrons. The molecule has 1 unspecified atom stereocenters.